The summed E-state index contributed by atoms with van der Waals surface area (Å²) in [6, 6.07) is 5.04. The number of ether oxygens (including phenoxy) is 1. The molecule has 1 saturated heterocycles. The molecule has 6 atom stereocenters. The van der Waals surface area contributed by atoms with E-state index >= 15 is 0 Å². The zero-order valence-corrected chi connectivity index (χ0v) is 13.4. The van der Waals surface area contributed by atoms with Gasteiger partial charge in [0.1, 0.15) is 5.75 Å². The molecule has 4 aliphatic carbocycles. The Morgan fingerprint density at radius 3 is 2.26 bits per heavy atom. The van der Waals surface area contributed by atoms with Crippen molar-refractivity contribution < 1.29 is 14.3 Å². The number of benzene rings is 1. The molecule has 0 N–H and O–H groups in total. The minimum Gasteiger partial charge on any atom is -0.495 e. The first-order valence-corrected chi connectivity index (χ1v) is 8.39. The minimum absolute atomic E-state index is 0.0923. The highest BCUT2D eigenvalue weighted by Crippen LogP contribution is 2.65. The van der Waals surface area contributed by atoms with E-state index < -0.39 is 0 Å². The van der Waals surface area contributed by atoms with E-state index in [0.29, 0.717) is 28.3 Å². The molecule has 4 nitrogen and oxygen atoms in total. The van der Waals surface area contributed by atoms with Crippen molar-refractivity contribution in [1.29, 1.82) is 0 Å². The number of imide groups is 1. The summed E-state index contributed by atoms with van der Waals surface area (Å²) in [6.07, 6.45) is 5.50. The lowest BCUT2D eigenvalue weighted by Crippen LogP contribution is -2.40. The van der Waals surface area contributed by atoms with Crippen LogP contribution in [0.25, 0.3) is 0 Å². The third-order valence-corrected chi connectivity index (χ3v) is 6.28. The van der Waals surface area contributed by atoms with Crippen LogP contribution in [0.3, 0.4) is 0 Å². The van der Waals surface area contributed by atoms with Crippen LogP contribution in [0.15, 0.2) is 30.4 Å². The predicted octanol–water partition coefficient (Wildman–Crippen LogP) is 2.91. The largest absolute Gasteiger partial charge is 0.495 e. The number of carbonyl (C=O) groups excluding carboxylic acids is 2. The number of carbonyl (C=O) groups is 2. The average Bonchev–Trinajstić information content (AvgIpc) is 3.32. The Hall–Kier alpha value is -1.81. The van der Waals surface area contributed by atoms with Crippen molar-refractivity contribution in [3.05, 3.63) is 35.4 Å². The van der Waals surface area contributed by atoms with Gasteiger partial charge in [0, 0.05) is 5.02 Å². The second-order valence-corrected chi connectivity index (χ2v) is 7.42. The van der Waals surface area contributed by atoms with Gasteiger partial charge < -0.3 is 4.74 Å². The smallest absolute Gasteiger partial charge is 0.238 e. The first kappa shape index (κ1) is 13.6. The van der Waals surface area contributed by atoms with Crippen molar-refractivity contribution in [2.75, 3.05) is 12.0 Å². The van der Waals surface area contributed by atoms with E-state index in [9.17, 15) is 9.59 Å². The molecule has 2 amide bonds. The maximum absolute atomic E-state index is 13.1. The van der Waals surface area contributed by atoms with Crippen molar-refractivity contribution >= 4 is 29.1 Å². The topological polar surface area (TPSA) is 46.6 Å². The fourth-order valence-electron chi connectivity index (χ4n) is 5.03. The maximum Gasteiger partial charge on any atom is 0.238 e. The van der Waals surface area contributed by atoms with Crippen LogP contribution in [-0.2, 0) is 9.59 Å². The highest BCUT2D eigenvalue weighted by molar-refractivity contribution is 6.31. The summed E-state index contributed by atoms with van der Waals surface area (Å²) in [5, 5.41) is 0.486. The van der Waals surface area contributed by atoms with Crippen molar-refractivity contribution in [3.63, 3.8) is 0 Å². The molecule has 2 bridgehead atoms. The Labute approximate surface area is 139 Å². The molecule has 0 unspecified atom stereocenters. The SMILES string of the molecule is COc1ccc(Cl)cc1N1C(=O)[C@@H]2[C@H]3C=C[C@@H]([C@@H]4C[C@@H]34)[C@H]2C1=O. The monoisotopic (exact) mass is 329 g/mol. The molecule has 1 heterocycles. The standard InChI is InChI=1S/C18H16ClNO3/c1-23-14-5-2-8(19)6-13(14)20-17(21)15-9-3-4-10(12-7-11(9)12)16(15)18(20)22/h2-6,9-12,15-16H,7H2,1H3/t9-,10-,11-,12-,15+,16+/m0/s1. The molecule has 23 heavy (non-hydrogen) atoms. The summed E-state index contributed by atoms with van der Waals surface area (Å²) in [4.78, 5) is 27.4. The Morgan fingerprint density at radius 1 is 1.09 bits per heavy atom. The van der Waals surface area contributed by atoms with Gasteiger partial charge in [-0.2, -0.15) is 0 Å². The van der Waals surface area contributed by atoms with Gasteiger partial charge in [0.2, 0.25) is 11.8 Å². The van der Waals surface area contributed by atoms with Gasteiger partial charge in [0.15, 0.2) is 0 Å². The van der Waals surface area contributed by atoms with E-state index in [4.69, 9.17) is 16.3 Å². The van der Waals surface area contributed by atoms with Gasteiger partial charge in [0.25, 0.3) is 0 Å². The molecular weight excluding hydrogens is 314 g/mol. The Balaban J connectivity index is 1.61. The van der Waals surface area contributed by atoms with Crippen LogP contribution in [0, 0.1) is 35.5 Å². The summed E-state index contributed by atoms with van der Waals surface area (Å²) in [7, 11) is 1.53. The van der Waals surface area contributed by atoms with Crippen LogP contribution in [0.1, 0.15) is 6.42 Å². The Kier molecular flexibility index (Phi) is 2.59. The van der Waals surface area contributed by atoms with Crippen LogP contribution in [-0.4, -0.2) is 18.9 Å². The number of anilines is 1. The number of rotatable bonds is 2. The van der Waals surface area contributed by atoms with Gasteiger partial charge in [-0.25, -0.2) is 4.90 Å². The van der Waals surface area contributed by atoms with Crippen molar-refractivity contribution in [3.8, 4) is 5.75 Å². The Bertz CT molecular complexity index is 738. The number of amides is 2. The lowest BCUT2D eigenvalue weighted by atomic mass is 9.63. The molecule has 6 rings (SSSR count). The Morgan fingerprint density at radius 2 is 1.70 bits per heavy atom. The van der Waals surface area contributed by atoms with Gasteiger partial charge in [-0.15, -0.1) is 0 Å². The van der Waals surface area contributed by atoms with Crippen molar-refractivity contribution in [2.45, 2.75) is 6.42 Å². The predicted molar refractivity (Wildman–Crippen MR) is 85.2 cm³/mol. The van der Waals surface area contributed by atoms with E-state index in [1.807, 2.05) is 0 Å². The zero-order valence-electron chi connectivity index (χ0n) is 12.6. The summed E-state index contributed by atoms with van der Waals surface area (Å²) in [5.74, 6) is 1.56. The van der Waals surface area contributed by atoms with E-state index in [2.05, 4.69) is 12.2 Å². The highest BCUT2D eigenvalue weighted by Gasteiger charge is 2.67. The molecule has 1 aliphatic heterocycles. The fraction of sp³-hybridized carbons (Fsp3) is 0.444. The molecule has 3 fully saturated rings. The molecule has 5 heteroatoms. The second-order valence-electron chi connectivity index (χ2n) is 6.98. The van der Waals surface area contributed by atoms with E-state index in [1.54, 1.807) is 18.2 Å². The molecule has 1 aromatic carbocycles. The van der Waals surface area contributed by atoms with E-state index in [1.165, 1.54) is 12.0 Å². The summed E-state index contributed by atoms with van der Waals surface area (Å²) >= 11 is 6.08. The molecule has 0 radical (unpaired) electrons. The van der Waals surface area contributed by atoms with E-state index in [0.717, 1.165) is 6.42 Å². The van der Waals surface area contributed by atoms with Crippen LogP contribution >= 0.6 is 11.6 Å². The van der Waals surface area contributed by atoms with Crippen molar-refractivity contribution in [2.24, 2.45) is 35.5 Å². The van der Waals surface area contributed by atoms with Gasteiger partial charge in [-0.3, -0.25) is 9.59 Å². The normalized spacial score (nSPS) is 39.5. The lowest BCUT2D eigenvalue weighted by molar-refractivity contribution is -0.124. The number of methoxy groups -OCH3 is 1. The number of hydrogen-bond donors (Lipinski definition) is 0. The number of nitrogens with zero attached hydrogens (tertiary/aromatic N) is 1. The maximum atomic E-state index is 13.1. The third kappa shape index (κ3) is 1.62. The molecule has 0 spiro atoms. The molecule has 2 saturated carbocycles. The van der Waals surface area contributed by atoms with Crippen molar-refractivity contribution in [1.82, 2.24) is 0 Å². The number of allylic oxidation sites excluding steroid dienone is 2. The lowest BCUT2D eigenvalue weighted by Gasteiger charge is -2.37. The van der Waals surface area contributed by atoms with Crippen LogP contribution in [0.4, 0.5) is 5.69 Å². The molecular formula is C18H16ClNO3. The summed E-state index contributed by atoms with van der Waals surface area (Å²) in [5.41, 5.74) is 0.470. The van der Waals surface area contributed by atoms with Crippen LogP contribution in [0.5, 0.6) is 5.75 Å². The quantitative estimate of drug-likeness (QED) is 0.619. The van der Waals surface area contributed by atoms with Gasteiger partial charge in [0.05, 0.1) is 24.6 Å². The summed E-state index contributed by atoms with van der Waals surface area (Å²) < 4.78 is 5.34. The zero-order chi connectivity index (χ0) is 15.9. The van der Waals surface area contributed by atoms with Gasteiger partial charge in [-0.05, 0) is 48.3 Å². The fourth-order valence-corrected chi connectivity index (χ4v) is 5.20. The molecule has 5 aliphatic rings. The number of hydrogen-bond acceptors (Lipinski definition) is 3. The average molecular weight is 330 g/mol. The van der Waals surface area contributed by atoms with Gasteiger partial charge in [-0.1, -0.05) is 23.8 Å². The van der Waals surface area contributed by atoms with Crippen LogP contribution in [0.2, 0.25) is 5.02 Å². The summed E-state index contributed by atoms with van der Waals surface area (Å²) in [6.45, 7) is 0. The highest BCUT2D eigenvalue weighted by atomic mass is 35.5. The minimum atomic E-state index is -0.204. The third-order valence-electron chi connectivity index (χ3n) is 6.04. The second kappa shape index (κ2) is 4.38. The van der Waals surface area contributed by atoms with Crippen LogP contribution < -0.4 is 9.64 Å². The number of halogens is 1. The first-order valence-electron chi connectivity index (χ1n) is 8.01. The van der Waals surface area contributed by atoms with Gasteiger partial charge >= 0.3 is 0 Å². The molecule has 0 aromatic heterocycles. The van der Waals surface area contributed by atoms with E-state index in [-0.39, 0.29) is 35.5 Å². The first-order chi connectivity index (χ1) is 11.1. The molecule has 118 valence electrons. The molecule has 1 aromatic rings.